The molecule has 324 valence electrons. The Balaban J connectivity index is 1.15. The molecule has 0 radical (unpaired) electrons. The SMILES string of the molecule is Cc1ccc(CNC(C)(CO)C(=O)Oc2cccc(-c3cccc(/C=C/c4cc(C(C)NCC(=O)O)ccc4C(F)(F)F)c3C)c2)cc1/C=C/c1cccc(-c2ccccc2)c1C. The van der Waals surface area contributed by atoms with E-state index in [2.05, 4.69) is 66.1 Å². The van der Waals surface area contributed by atoms with Gasteiger partial charge in [-0.1, -0.05) is 127 Å². The van der Waals surface area contributed by atoms with Gasteiger partial charge in [-0.05, 0) is 131 Å². The lowest BCUT2D eigenvalue weighted by Crippen LogP contribution is -2.54. The summed E-state index contributed by atoms with van der Waals surface area (Å²) < 4.78 is 48.0. The monoisotopic (exact) mass is 852 g/mol. The molecular formula is C53H51F3N2O5. The fourth-order valence-electron chi connectivity index (χ4n) is 7.29. The molecule has 2 unspecified atom stereocenters. The van der Waals surface area contributed by atoms with Crippen LogP contribution in [-0.4, -0.2) is 40.8 Å². The van der Waals surface area contributed by atoms with E-state index >= 15 is 0 Å². The molecule has 2 atom stereocenters. The number of rotatable bonds is 16. The highest BCUT2D eigenvalue weighted by Gasteiger charge is 2.35. The Bertz CT molecular complexity index is 2650. The summed E-state index contributed by atoms with van der Waals surface area (Å²) in [6, 6.07) is 38.3. The first-order chi connectivity index (χ1) is 30.1. The molecular weight excluding hydrogens is 802 g/mol. The van der Waals surface area contributed by atoms with Gasteiger partial charge in [0.25, 0.3) is 0 Å². The average Bonchev–Trinajstić information content (AvgIpc) is 3.27. The molecule has 0 aromatic heterocycles. The maximum absolute atomic E-state index is 14.1. The number of aliphatic hydroxyl groups is 1. The van der Waals surface area contributed by atoms with Crippen LogP contribution in [0.5, 0.6) is 5.75 Å². The number of esters is 1. The molecule has 0 bridgehead atoms. The average molecular weight is 853 g/mol. The van der Waals surface area contributed by atoms with Gasteiger partial charge in [0, 0.05) is 12.6 Å². The van der Waals surface area contributed by atoms with E-state index in [9.17, 15) is 27.9 Å². The number of aryl methyl sites for hydroxylation is 1. The summed E-state index contributed by atoms with van der Waals surface area (Å²) in [5.41, 5.74) is 8.80. The van der Waals surface area contributed by atoms with Crippen LogP contribution in [0.2, 0.25) is 0 Å². The molecule has 63 heavy (non-hydrogen) atoms. The van der Waals surface area contributed by atoms with E-state index < -0.39 is 41.9 Å². The van der Waals surface area contributed by atoms with Crippen molar-refractivity contribution in [1.82, 2.24) is 10.6 Å². The van der Waals surface area contributed by atoms with Crippen molar-refractivity contribution in [2.45, 2.75) is 58.9 Å². The smallest absolute Gasteiger partial charge is 0.416 e. The third-order valence-electron chi connectivity index (χ3n) is 11.3. The Morgan fingerprint density at radius 2 is 1.30 bits per heavy atom. The first kappa shape index (κ1) is 45.9. The van der Waals surface area contributed by atoms with Crippen LogP contribution in [-0.2, 0) is 22.3 Å². The van der Waals surface area contributed by atoms with E-state index in [1.54, 1.807) is 50.3 Å². The molecule has 7 nitrogen and oxygen atoms in total. The van der Waals surface area contributed by atoms with E-state index in [-0.39, 0.29) is 24.4 Å². The predicted molar refractivity (Wildman–Crippen MR) is 246 cm³/mol. The summed E-state index contributed by atoms with van der Waals surface area (Å²) in [6.45, 7) is 8.72. The first-order valence-electron chi connectivity index (χ1n) is 20.6. The summed E-state index contributed by atoms with van der Waals surface area (Å²) in [5.74, 6) is -1.49. The molecule has 0 saturated carbocycles. The van der Waals surface area contributed by atoms with E-state index in [0.29, 0.717) is 16.7 Å². The standard InChI is InChI=1S/C53H51F3N2O5/c1-34-20-21-38(28-42(34)24-22-39-14-10-18-47(35(39)2)41-12-7-6-8-13-41)31-58-52(5,33-59)51(62)63-46-17-9-16-44(30-46)48-19-11-15-40(36(48)3)23-25-45-29-43(37(4)57-32-50(60)61)26-27-49(45)53(54,55)56/h6-30,37,57-59H,31-33H2,1-5H3,(H,60,61)/b24-22+,25-23+. The van der Waals surface area contributed by atoms with Crippen LogP contribution in [0.4, 0.5) is 13.2 Å². The minimum absolute atomic E-state index is 0.0566. The fourth-order valence-corrected chi connectivity index (χ4v) is 7.29. The maximum Gasteiger partial charge on any atom is 0.416 e. The van der Waals surface area contributed by atoms with E-state index in [0.717, 1.165) is 45.0 Å². The number of aliphatic hydroxyl groups excluding tert-OH is 1. The van der Waals surface area contributed by atoms with Crippen LogP contribution >= 0.6 is 0 Å². The Morgan fingerprint density at radius 1 is 0.698 bits per heavy atom. The van der Waals surface area contributed by atoms with Crippen molar-refractivity contribution in [1.29, 1.82) is 0 Å². The van der Waals surface area contributed by atoms with Crippen LogP contribution in [0.1, 0.15) is 75.5 Å². The molecule has 0 fully saturated rings. The zero-order valence-electron chi connectivity index (χ0n) is 35.9. The molecule has 6 aromatic carbocycles. The van der Waals surface area contributed by atoms with Gasteiger partial charge in [-0.2, -0.15) is 13.2 Å². The number of hydrogen-bond acceptors (Lipinski definition) is 6. The minimum atomic E-state index is -4.61. The Kier molecular flexibility index (Phi) is 14.6. The number of carboxylic acids is 1. The Morgan fingerprint density at radius 3 is 1.94 bits per heavy atom. The Hall–Kier alpha value is -6.59. The summed E-state index contributed by atoms with van der Waals surface area (Å²) in [4.78, 5) is 24.7. The number of alkyl halides is 3. The van der Waals surface area contributed by atoms with Crippen molar-refractivity contribution < 1.29 is 37.7 Å². The fraction of sp³-hybridized carbons (Fsp3) is 0.208. The lowest BCUT2D eigenvalue weighted by Gasteiger charge is -2.26. The van der Waals surface area contributed by atoms with Gasteiger partial charge in [-0.3, -0.25) is 10.1 Å². The second-order valence-electron chi connectivity index (χ2n) is 15.9. The van der Waals surface area contributed by atoms with Gasteiger partial charge in [-0.15, -0.1) is 0 Å². The van der Waals surface area contributed by atoms with Gasteiger partial charge in [0.2, 0.25) is 0 Å². The van der Waals surface area contributed by atoms with Gasteiger partial charge < -0.3 is 20.3 Å². The predicted octanol–water partition coefficient (Wildman–Crippen LogP) is 11.5. The van der Waals surface area contributed by atoms with Crippen molar-refractivity contribution in [2.75, 3.05) is 13.2 Å². The quantitative estimate of drug-likeness (QED) is 0.0436. The van der Waals surface area contributed by atoms with Gasteiger partial charge >= 0.3 is 18.1 Å². The summed E-state index contributed by atoms with van der Waals surface area (Å²) in [6.07, 6.45) is 2.62. The summed E-state index contributed by atoms with van der Waals surface area (Å²) in [7, 11) is 0. The van der Waals surface area contributed by atoms with Crippen LogP contribution < -0.4 is 15.4 Å². The van der Waals surface area contributed by atoms with Gasteiger partial charge in [0.15, 0.2) is 0 Å². The zero-order chi connectivity index (χ0) is 45.3. The highest BCUT2D eigenvalue weighted by atomic mass is 19.4. The zero-order valence-corrected chi connectivity index (χ0v) is 35.9. The number of carbonyl (C=O) groups excluding carboxylic acids is 1. The molecule has 0 heterocycles. The number of ether oxygens (including phenoxy) is 1. The molecule has 0 saturated heterocycles. The highest BCUT2D eigenvalue weighted by Crippen LogP contribution is 2.36. The molecule has 0 spiro atoms. The second kappa shape index (κ2) is 20.1. The van der Waals surface area contributed by atoms with Crippen LogP contribution in [0.15, 0.2) is 127 Å². The van der Waals surface area contributed by atoms with E-state index in [1.165, 1.54) is 29.3 Å². The molecule has 10 heteroatoms. The normalized spacial score (nSPS) is 13.3. The lowest BCUT2D eigenvalue weighted by molar-refractivity contribution is -0.143. The minimum Gasteiger partial charge on any atom is -0.480 e. The lowest BCUT2D eigenvalue weighted by atomic mass is 9.94. The van der Waals surface area contributed by atoms with Gasteiger partial charge in [0.1, 0.15) is 11.3 Å². The van der Waals surface area contributed by atoms with Crippen molar-refractivity contribution in [3.05, 3.63) is 183 Å². The molecule has 0 aliphatic rings. The highest BCUT2D eigenvalue weighted by molar-refractivity contribution is 5.84. The van der Waals surface area contributed by atoms with Crippen LogP contribution in [0.25, 0.3) is 46.6 Å². The van der Waals surface area contributed by atoms with Crippen molar-refractivity contribution in [3.8, 4) is 28.0 Å². The molecule has 0 aliphatic heterocycles. The number of carbonyl (C=O) groups is 2. The molecule has 0 aliphatic carbocycles. The van der Waals surface area contributed by atoms with Gasteiger partial charge in [0.05, 0.1) is 18.7 Å². The molecule has 6 aromatic rings. The largest absolute Gasteiger partial charge is 0.480 e. The number of benzene rings is 6. The number of hydrogen-bond donors (Lipinski definition) is 4. The van der Waals surface area contributed by atoms with Crippen LogP contribution in [0, 0.1) is 20.8 Å². The van der Waals surface area contributed by atoms with Crippen molar-refractivity contribution >= 4 is 36.2 Å². The number of nitrogens with one attached hydrogen (secondary N) is 2. The van der Waals surface area contributed by atoms with Crippen molar-refractivity contribution in [3.63, 3.8) is 0 Å². The molecule has 6 rings (SSSR count). The van der Waals surface area contributed by atoms with E-state index in [1.807, 2.05) is 56.3 Å². The van der Waals surface area contributed by atoms with E-state index in [4.69, 9.17) is 9.84 Å². The summed E-state index contributed by atoms with van der Waals surface area (Å²) in [5, 5.41) is 25.5. The van der Waals surface area contributed by atoms with Crippen LogP contribution in [0.3, 0.4) is 0 Å². The maximum atomic E-state index is 14.1. The van der Waals surface area contributed by atoms with Gasteiger partial charge in [-0.25, -0.2) is 4.79 Å². The number of aliphatic carboxylic acids is 1. The summed E-state index contributed by atoms with van der Waals surface area (Å²) >= 11 is 0. The Labute approximate surface area is 366 Å². The first-order valence-corrected chi connectivity index (χ1v) is 20.6. The second-order valence-corrected chi connectivity index (χ2v) is 15.9. The third-order valence-corrected chi connectivity index (χ3v) is 11.3. The molecule has 4 N–H and O–H groups in total. The molecule has 0 amide bonds. The third kappa shape index (κ3) is 11.5. The number of halogens is 3. The topological polar surface area (TPSA) is 108 Å². The number of carboxylic acid groups (broad SMARTS) is 1. The van der Waals surface area contributed by atoms with Crippen molar-refractivity contribution in [2.24, 2.45) is 0 Å².